The predicted molar refractivity (Wildman–Crippen MR) is 84.1 cm³/mol. The first-order chi connectivity index (χ1) is 10.2. The van der Waals surface area contributed by atoms with Crippen LogP contribution in [0.1, 0.15) is 16.9 Å². The van der Waals surface area contributed by atoms with E-state index >= 15 is 0 Å². The summed E-state index contributed by atoms with van der Waals surface area (Å²) in [6.45, 7) is 0. The first-order valence-corrected chi connectivity index (χ1v) is 7.89. The molecule has 0 fully saturated rings. The van der Waals surface area contributed by atoms with Gasteiger partial charge < -0.3 is 5.32 Å². The van der Waals surface area contributed by atoms with Gasteiger partial charge in [0.1, 0.15) is 22.8 Å². The maximum absolute atomic E-state index is 13.2. The Hall–Kier alpha value is -1.72. The van der Waals surface area contributed by atoms with Gasteiger partial charge in [0.25, 0.3) is 0 Å². The Labute approximate surface area is 129 Å². The van der Waals surface area contributed by atoms with Gasteiger partial charge in [-0.3, -0.25) is 0 Å². The van der Waals surface area contributed by atoms with Crippen molar-refractivity contribution < 1.29 is 4.39 Å². The standard InChI is InChI=1S/C15H11ClFN3S/c16-10-6-8(4-5-11(10)17)20-14-13-9-2-1-3-12(9)21-15(13)19-7-18-14/h4-7H,1-3H2,(H,18,19,20). The fourth-order valence-corrected chi connectivity index (χ4v) is 4.14. The molecule has 1 aliphatic carbocycles. The molecule has 1 N–H and O–H groups in total. The Morgan fingerprint density at radius 1 is 1.24 bits per heavy atom. The number of fused-ring (bicyclic) bond motifs is 3. The summed E-state index contributed by atoms with van der Waals surface area (Å²) in [5.74, 6) is 0.341. The van der Waals surface area contributed by atoms with Crippen LogP contribution in [0.3, 0.4) is 0 Å². The SMILES string of the molecule is Fc1ccc(Nc2ncnc3sc4c(c23)CCC4)cc1Cl. The number of benzene rings is 1. The minimum Gasteiger partial charge on any atom is -0.340 e. The number of thiophene rings is 1. The zero-order chi connectivity index (χ0) is 14.4. The van der Waals surface area contributed by atoms with Crippen molar-refractivity contribution >= 4 is 44.7 Å². The lowest BCUT2D eigenvalue weighted by Crippen LogP contribution is -1.96. The minimum absolute atomic E-state index is 0.0980. The summed E-state index contributed by atoms with van der Waals surface area (Å²) in [6.07, 6.45) is 4.94. The number of hydrogen-bond donors (Lipinski definition) is 1. The van der Waals surface area contributed by atoms with E-state index in [-0.39, 0.29) is 5.02 Å². The molecule has 0 bridgehead atoms. The van der Waals surface area contributed by atoms with Crippen molar-refractivity contribution in [1.29, 1.82) is 0 Å². The van der Waals surface area contributed by atoms with Crippen LogP contribution in [0.25, 0.3) is 10.2 Å². The smallest absolute Gasteiger partial charge is 0.142 e. The molecule has 0 saturated carbocycles. The number of hydrogen-bond acceptors (Lipinski definition) is 4. The highest BCUT2D eigenvalue weighted by Gasteiger charge is 2.21. The second-order valence-corrected chi connectivity index (χ2v) is 6.50. The molecular formula is C15H11ClFN3S. The summed E-state index contributed by atoms with van der Waals surface area (Å²) in [6, 6.07) is 4.57. The Balaban J connectivity index is 1.81. The highest BCUT2D eigenvalue weighted by molar-refractivity contribution is 7.19. The van der Waals surface area contributed by atoms with Gasteiger partial charge in [0.05, 0.1) is 10.4 Å². The van der Waals surface area contributed by atoms with Gasteiger partial charge in [-0.2, -0.15) is 0 Å². The molecule has 3 aromatic rings. The second kappa shape index (κ2) is 4.93. The number of nitrogens with zero attached hydrogens (tertiary/aromatic N) is 2. The molecule has 1 aromatic carbocycles. The summed E-state index contributed by atoms with van der Waals surface area (Å²) < 4.78 is 13.2. The van der Waals surface area contributed by atoms with Crippen molar-refractivity contribution in [3.63, 3.8) is 0 Å². The third-order valence-corrected chi connectivity index (χ3v) is 5.17. The van der Waals surface area contributed by atoms with E-state index in [1.165, 1.54) is 22.9 Å². The van der Waals surface area contributed by atoms with Gasteiger partial charge in [0.2, 0.25) is 0 Å². The Morgan fingerprint density at radius 3 is 3.00 bits per heavy atom. The summed E-state index contributed by atoms with van der Waals surface area (Å²) in [5, 5.41) is 4.43. The number of anilines is 2. The van der Waals surface area contributed by atoms with E-state index in [0.29, 0.717) is 0 Å². The van der Waals surface area contributed by atoms with Crippen molar-refractivity contribution in [1.82, 2.24) is 9.97 Å². The van der Waals surface area contributed by atoms with Crippen LogP contribution < -0.4 is 5.32 Å². The molecule has 0 saturated heterocycles. The molecule has 3 nitrogen and oxygen atoms in total. The number of nitrogens with one attached hydrogen (secondary N) is 1. The molecule has 21 heavy (non-hydrogen) atoms. The van der Waals surface area contributed by atoms with Gasteiger partial charge in [0, 0.05) is 10.6 Å². The molecule has 4 rings (SSSR count). The molecule has 106 valence electrons. The lowest BCUT2D eigenvalue weighted by molar-refractivity contribution is 0.628. The number of aromatic nitrogens is 2. The fourth-order valence-electron chi connectivity index (χ4n) is 2.73. The van der Waals surface area contributed by atoms with Crippen LogP contribution in [-0.2, 0) is 12.8 Å². The highest BCUT2D eigenvalue weighted by Crippen LogP contribution is 2.39. The van der Waals surface area contributed by atoms with Crippen LogP contribution in [-0.4, -0.2) is 9.97 Å². The largest absolute Gasteiger partial charge is 0.340 e. The lowest BCUT2D eigenvalue weighted by atomic mass is 10.2. The summed E-state index contributed by atoms with van der Waals surface area (Å²) >= 11 is 7.56. The average molecular weight is 320 g/mol. The predicted octanol–water partition coefficient (Wildman–Crippen LogP) is 4.72. The van der Waals surface area contributed by atoms with Crippen LogP contribution in [0.15, 0.2) is 24.5 Å². The molecule has 2 aromatic heterocycles. The molecule has 0 atom stereocenters. The van der Waals surface area contributed by atoms with Gasteiger partial charge in [-0.25, -0.2) is 14.4 Å². The molecule has 2 heterocycles. The number of rotatable bonds is 2. The first kappa shape index (κ1) is 13.0. The van der Waals surface area contributed by atoms with Crippen molar-refractivity contribution in [2.75, 3.05) is 5.32 Å². The normalized spacial score (nSPS) is 13.6. The summed E-state index contributed by atoms with van der Waals surface area (Å²) in [4.78, 5) is 11.1. The van der Waals surface area contributed by atoms with Crippen molar-refractivity contribution in [2.24, 2.45) is 0 Å². The van der Waals surface area contributed by atoms with Gasteiger partial charge in [-0.1, -0.05) is 11.6 Å². The minimum atomic E-state index is -0.425. The van der Waals surface area contributed by atoms with Crippen molar-refractivity contribution in [2.45, 2.75) is 19.3 Å². The van der Waals surface area contributed by atoms with E-state index in [4.69, 9.17) is 11.6 Å². The van der Waals surface area contributed by atoms with Crippen LogP contribution in [0.4, 0.5) is 15.9 Å². The van der Waals surface area contributed by atoms with E-state index in [0.717, 1.165) is 34.6 Å². The third-order valence-electron chi connectivity index (χ3n) is 3.68. The average Bonchev–Trinajstić information content (AvgIpc) is 3.03. The highest BCUT2D eigenvalue weighted by atomic mass is 35.5. The number of aryl methyl sites for hydroxylation is 2. The third kappa shape index (κ3) is 2.17. The van der Waals surface area contributed by atoms with Crippen LogP contribution in [0, 0.1) is 5.82 Å². The number of halogens is 2. The Kier molecular flexibility index (Phi) is 3.05. The van der Waals surface area contributed by atoms with Crippen LogP contribution >= 0.6 is 22.9 Å². The Bertz CT molecular complexity index is 846. The van der Waals surface area contributed by atoms with E-state index in [1.54, 1.807) is 29.8 Å². The summed E-state index contributed by atoms with van der Waals surface area (Å²) in [7, 11) is 0. The molecule has 0 spiro atoms. The van der Waals surface area contributed by atoms with E-state index in [9.17, 15) is 4.39 Å². The second-order valence-electron chi connectivity index (χ2n) is 5.01. The van der Waals surface area contributed by atoms with E-state index < -0.39 is 5.82 Å². The van der Waals surface area contributed by atoms with Gasteiger partial charge in [0.15, 0.2) is 0 Å². The molecule has 0 amide bonds. The molecular weight excluding hydrogens is 309 g/mol. The summed E-state index contributed by atoms with van der Waals surface area (Å²) in [5.41, 5.74) is 2.07. The zero-order valence-corrected chi connectivity index (χ0v) is 12.6. The van der Waals surface area contributed by atoms with Crippen molar-refractivity contribution in [3.05, 3.63) is 45.8 Å². The lowest BCUT2D eigenvalue weighted by Gasteiger charge is -2.08. The monoisotopic (exact) mass is 319 g/mol. The molecule has 0 aliphatic heterocycles. The van der Waals surface area contributed by atoms with E-state index in [2.05, 4.69) is 15.3 Å². The van der Waals surface area contributed by atoms with E-state index in [1.807, 2.05) is 0 Å². The Morgan fingerprint density at radius 2 is 2.14 bits per heavy atom. The van der Waals surface area contributed by atoms with Gasteiger partial charge in [-0.05, 0) is 43.0 Å². The van der Waals surface area contributed by atoms with Crippen LogP contribution in [0.2, 0.25) is 5.02 Å². The molecule has 6 heteroatoms. The zero-order valence-electron chi connectivity index (χ0n) is 11.0. The van der Waals surface area contributed by atoms with Gasteiger partial charge >= 0.3 is 0 Å². The van der Waals surface area contributed by atoms with Crippen molar-refractivity contribution in [3.8, 4) is 0 Å². The maximum atomic E-state index is 13.2. The molecule has 0 unspecified atom stereocenters. The molecule has 0 radical (unpaired) electrons. The van der Waals surface area contributed by atoms with Crippen LogP contribution in [0.5, 0.6) is 0 Å². The maximum Gasteiger partial charge on any atom is 0.142 e. The van der Waals surface area contributed by atoms with Gasteiger partial charge in [-0.15, -0.1) is 11.3 Å². The quantitative estimate of drug-likeness (QED) is 0.743. The topological polar surface area (TPSA) is 37.8 Å². The molecule has 1 aliphatic rings. The first-order valence-electron chi connectivity index (χ1n) is 6.69. The fraction of sp³-hybridized carbons (Fsp3) is 0.200.